The van der Waals surface area contributed by atoms with Crippen LogP contribution in [0.15, 0.2) is 28.9 Å². The van der Waals surface area contributed by atoms with E-state index in [2.05, 4.69) is 44.9 Å². The van der Waals surface area contributed by atoms with Crippen molar-refractivity contribution < 1.29 is 0 Å². The monoisotopic (exact) mass is 319 g/mol. The van der Waals surface area contributed by atoms with Crippen molar-refractivity contribution in [1.82, 2.24) is 4.98 Å². The highest BCUT2D eigenvalue weighted by Gasteiger charge is 2.25. The third-order valence-corrected chi connectivity index (χ3v) is 4.42. The maximum atomic E-state index is 6.08. The Morgan fingerprint density at radius 3 is 3.11 bits per heavy atom. The van der Waals surface area contributed by atoms with E-state index in [9.17, 15) is 0 Å². The normalized spacial score (nSPS) is 19.3. The smallest absolute Gasteiger partial charge is 0.0956 e. The van der Waals surface area contributed by atoms with E-state index in [1.807, 2.05) is 12.3 Å². The van der Waals surface area contributed by atoms with Crippen molar-refractivity contribution in [2.45, 2.75) is 32.2 Å². The van der Waals surface area contributed by atoms with Crippen LogP contribution in [0.2, 0.25) is 0 Å². The minimum atomic E-state index is 0.636. The summed E-state index contributed by atoms with van der Waals surface area (Å²) in [5.74, 6) is 0. The number of fused-ring (bicyclic) bond motifs is 1. The molecule has 0 saturated carbocycles. The lowest BCUT2D eigenvalue weighted by molar-refractivity contribution is 0.646. The highest BCUT2D eigenvalue weighted by Crippen LogP contribution is 2.35. The van der Waals surface area contributed by atoms with Crippen LogP contribution in [0.4, 0.5) is 11.4 Å². The van der Waals surface area contributed by atoms with Crippen molar-refractivity contribution in [3.05, 3.63) is 28.9 Å². The molecule has 19 heavy (non-hydrogen) atoms. The fourth-order valence-electron chi connectivity index (χ4n) is 3.01. The van der Waals surface area contributed by atoms with Gasteiger partial charge in [0.2, 0.25) is 0 Å². The molecule has 2 aromatic rings. The van der Waals surface area contributed by atoms with Gasteiger partial charge in [0.25, 0.3) is 0 Å². The average Bonchev–Trinajstić information content (AvgIpc) is 2.88. The van der Waals surface area contributed by atoms with Gasteiger partial charge >= 0.3 is 0 Å². The zero-order valence-corrected chi connectivity index (χ0v) is 12.7. The molecule has 2 N–H and O–H groups in total. The topological polar surface area (TPSA) is 42.1 Å². The molecule has 4 heteroatoms. The molecular weight excluding hydrogens is 302 g/mol. The second kappa shape index (κ2) is 5.00. The fourth-order valence-corrected chi connectivity index (χ4v) is 3.34. The number of nitrogen functional groups attached to an aromatic ring is 1. The molecule has 0 bridgehead atoms. The van der Waals surface area contributed by atoms with Crippen LogP contribution in [0.5, 0.6) is 0 Å². The van der Waals surface area contributed by atoms with Crippen LogP contribution in [0.1, 0.15) is 26.2 Å². The summed E-state index contributed by atoms with van der Waals surface area (Å²) >= 11 is 3.47. The summed E-state index contributed by atoms with van der Waals surface area (Å²) in [6.45, 7) is 3.38. The quantitative estimate of drug-likeness (QED) is 0.852. The molecule has 1 atom stereocenters. The minimum Gasteiger partial charge on any atom is -0.398 e. The van der Waals surface area contributed by atoms with Crippen LogP contribution in [0.25, 0.3) is 10.9 Å². The molecule has 0 amide bonds. The summed E-state index contributed by atoms with van der Waals surface area (Å²) in [5.41, 5.74) is 9.11. The number of nitrogens with zero attached hydrogens (tertiary/aromatic N) is 2. The standard InChI is InChI=1S/C15H18BrN3/c1-2-11-4-3-7-19(11)14-6-5-13(17)12-8-10(16)9-18-15(12)14/h5-6,8-9,11H,2-4,7,17H2,1H3. The number of hydrogen-bond donors (Lipinski definition) is 1. The summed E-state index contributed by atoms with van der Waals surface area (Å²) in [4.78, 5) is 7.08. The van der Waals surface area contributed by atoms with Crippen LogP contribution < -0.4 is 10.6 Å². The maximum absolute atomic E-state index is 6.08. The van der Waals surface area contributed by atoms with Crippen molar-refractivity contribution in [3.8, 4) is 0 Å². The van der Waals surface area contributed by atoms with Crippen molar-refractivity contribution in [1.29, 1.82) is 0 Å². The van der Waals surface area contributed by atoms with Gasteiger partial charge in [0, 0.05) is 34.3 Å². The molecule has 0 spiro atoms. The van der Waals surface area contributed by atoms with E-state index in [4.69, 9.17) is 5.73 Å². The molecule has 100 valence electrons. The second-order valence-corrected chi connectivity index (χ2v) is 6.04. The van der Waals surface area contributed by atoms with Gasteiger partial charge in [0.05, 0.1) is 11.2 Å². The number of benzene rings is 1. The summed E-state index contributed by atoms with van der Waals surface area (Å²) in [6.07, 6.45) is 5.57. The van der Waals surface area contributed by atoms with Crippen LogP contribution in [0.3, 0.4) is 0 Å². The Bertz CT molecular complexity index is 612. The van der Waals surface area contributed by atoms with Crippen LogP contribution in [-0.2, 0) is 0 Å². The molecule has 1 aliphatic rings. The van der Waals surface area contributed by atoms with Crippen molar-refractivity contribution in [2.24, 2.45) is 0 Å². The van der Waals surface area contributed by atoms with E-state index in [1.165, 1.54) is 24.9 Å². The number of rotatable bonds is 2. The molecule has 1 aromatic heterocycles. The number of hydrogen-bond acceptors (Lipinski definition) is 3. The first kappa shape index (κ1) is 12.7. The van der Waals surface area contributed by atoms with Crippen molar-refractivity contribution in [3.63, 3.8) is 0 Å². The molecule has 1 aromatic carbocycles. The Hall–Kier alpha value is -1.29. The first-order valence-corrected chi connectivity index (χ1v) is 7.60. The molecule has 1 aliphatic heterocycles. The minimum absolute atomic E-state index is 0.636. The van der Waals surface area contributed by atoms with E-state index in [0.29, 0.717) is 6.04 Å². The molecule has 1 saturated heterocycles. The highest BCUT2D eigenvalue weighted by atomic mass is 79.9. The Balaban J connectivity index is 2.16. The average molecular weight is 320 g/mol. The largest absolute Gasteiger partial charge is 0.398 e. The predicted molar refractivity (Wildman–Crippen MR) is 84.5 cm³/mol. The van der Waals surface area contributed by atoms with Gasteiger partial charge in [-0.1, -0.05) is 6.92 Å². The summed E-state index contributed by atoms with van der Waals surface area (Å²) in [6, 6.07) is 6.80. The van der Waals surface area contributed by atoms with E-state index in [1.54, 1.807) is 0 Å². The van der Waals surface area contributed by atoms with E-state index in [-0.39, 0.29) is 0 Å². The highest BCUT2D eigenvalue weighted by molar-refractivity contribution is 9.10. The predicted octanol–water partition coefficient (Wildman–Crippen LogP) is 3.96. The van der Waals surface area contributed by atoms with Gasteiger partial charge < -0.3 is 10.6 Å². The zero-order valence-electron chi connectivity index (χ0n) is 11.1. The molecule has 1 fully saturated rings. The fraction of sp³-hybridized carbons (Fsp3) is 0.400. The zero-order chi connectivity index (χ0) is 13.4. The molecule has 3 nitrogen and oxygen atoms in total. The summed E-state index contributed by atoms with van der Waals surface area (Å²) in [5, 5.41) is 1.04. The first-order valence-electron chi connectivity index (χ1n) is 6.81. The molecule has 0 radical (unpaired) electrons. The first-order chi connectivity index (χ1) is 9.20. The number of pyridine rings is 1. The van der Waals surface area contributed by atoms with Gasteiger partial charge in [0.1, 0.15) is 0 Å². The van der Waals surface area contributed by atoms with Crippen molar-refractivity contribution in [2.75, 3.05) is 17.2 Å². The van der Waals surface area contributed by atoms with Crippen LogP contribution in [0, 0.1) is 0 Å². The summed E-state index contributed by atoms with van der Waals surface area (Å²) in [7, 11) is 0. The van der Waals surface area contributed by atoms with Gasteiger partial charge in [-0.25, -0.2) is 0 Å². The van der Waals surface area contributed by atoms with Crippen molar-refractivity contribution >= 4 is 38.2 Å². The Morgan fingerprint density at radius 2 is 2.32 bits per heavy atom. The molecule has 3 rings (SSSR count). The molecule has 1 unspecified atom stereocenters. The van der Waals surface area contributed by atoms with Gasteiger partial charge in [-0.2, -0.15) is 0 Å². The molecule has 2 heterocycles. The molecule has 0 aliphatic carbocycles. The number of nitrogens with two attached hydrogens (primary N) is 1. The van der Waals surface area contributed by atoms with E-state index < -0.39 is 0 Å². The number of anilines is 2. The van der Waals surface area contributed by atoms with Crippen LogP contribution in [-0.4, -0.2) is 17.6 Å². The number of aromatic nitrogens is 1. The second-order valence-electron chi connectivity index (χ2n) is 5.12. The maximum Gasteiger partial charge on any atom is 0.0956 e. The number of halogens is 1. The van der Waals surface area contributed by atoms with Gasteiger partial charge in [-0.15, -0.1) is 0 Å². The van der Waals surface area contributed by atoms with E-state index in [0.717, 1.165) is 27.6 Å². The molecular formula is C15H18BrN3. The third kappa shape index (κ3) is 2.18. The third-order valence-electron chi connectivity index (χ3n) is 3.99. The summed E-state index contributed by atoms with van der Waals surface area (Å²) < 4.78 is 0.970. The van der Waals surface area contributed by atoms with Gasteiger partial charge in [0.15, 0.2) is 0 Å². The SMILES string of the molecule is CCC1CCCN1c1ccc(N)c2cc(Br)cnc12. The van der Waals surface area contributed by atoms with Gasteiger partial charge in [-0.05, 0) is 53.4 Å². The van der Waals surface area contributed by atoms with Crippen LogP contribution >= 0.6 is 15.9 Å². The lowest BCUT2D eigenvalue weighted by Gasteiger charge is -2.27. The Morgan fingerprint density at radius 1 is 1.47 bits per heavy atom. The van der Waals surface area contributed by atoms with Gasteiger partial charge in [-0.3, -0.25) is 4.98 Å². The lowest BCUT2D eigenvalue weighted by atomic mass is 10.1. The Labute approximate surface area is 121 Å². The van der Waals surface area contributed by atoms with E-state index >= 15 is 0 Å². The lowest BCUT2D eigenvalue weighted by Crippen LogP contribution is -2.28. The Kier molecular flexibility index (Phi) is 3.35.